The second-order valence-electron chi connectivity index (χ2n) is 4.48. The predicted octanol–water partition coefficient (Wildman–Crippen LogP) is 3.63. The van der Waals surface area contributed by atoms with Gasteiger partial charge in [0.2, 0.25) is 5.91 Å². The van der Waals surface area contributed by atoms with E-state index in [1.807, 2.05) is 13.8 Å². The minimum absolute atomic E-state index is 0.0944. The quantitative estimate of drug-likeness (QED) is 0.789. The number of thioether (sulfide) groups is 1. The number of alkyl halides is 3. The molecule has 0 unspecified atom stereocenters. The Bertz CT molecular complexity index is 432. The molecule has 112 valence electrons. The molecule has 0 saturated heterocycles. The van der Waals surface area contributed by atoms with Gasteiger partial charge in [0.25, 0.3) is 0 Å². The van der Waals surface area contributed by atoms with Gasteiger partial charge in [-0.25, -0.2) is 0 Å². The van der Waals surface area contributed by atoms with Crippen LogP contribution >= 0.6 is 11.8 Å². The van der Waals surface area contributed by atoms with Crippen molar-refractivity contribution in [2.24, 2.45) is 0 Å². The van der Waals surface area contributed by atoms with E-state index in [0.29, 0.717) is 24.7 Å². The van der Waals surface area contributed by atoms with Gasteiger partial charge in [-0.2, -0.15) is 13.2 Å². The number of amides is 1. The molecule has 0 aliphatic carbocycles. The lowest BCUT2D eigenvalue weighted by Crippen LogP contribution is -2.27. The monoisotopic (exact) mass is 306 g/mol. The summed E-state index contributed by atoms with van der Waals surface area (Å²) < 4.78 is 36.4. The van der Waals surface area contributed by atoms with Crippen LogP contribution in [0, 0.1) is 0 Å². The second kappa shape index (κ2) is 7.54. The van der Waals surface area contributed by atoms with E-state index in [9.17, 15) is 18.0 Å². The van der Waals surface area contributed by atoms with Crippen molar-refractivity contribution in [1.29, 1.82) is 0 Å². The van der Waals surface area contributed by atoms with Gasteiger partial charge in [0.15, 0.2) is 0 Å². The average Bonchev–Trinajstić information content (AvgIpc) is 2.29. The van der Waals surface area contributed by atoms with Crippen LogP contribution in [0.2, 0.25) is 0 Å². The lowest BCUT2D eigenvalue weighted by Gasteiger charge is -2.09. The van der Waals surface area contributed by atoms with Crippen LogP contribution in [0.5, 0.6) is 0 Å². The summed E-state index contributed by atoms with van der Waals surface area (Å²) in [6.45, 7) is 4.52. The molecule has 0 saturated carbocycles. The van der Waals surface area contributed by atoms with Gasteiger partial charge >= 0.3 is 5.51 Å². The van der Waals surface area contributed by atoms with Crippen molar-refractivity contribution in [1.82, 2.24) is 5.32 Å². The molecule has 0 aliphatic heterocycles. The van der Waals surface area contributed by atoms with Crippen molar-refractivity contribution in [3.05, 3.63) is 24.3 Å². The Labute approximate surface area is 120 Å². The molecule has 20 heavy (non-hydrogen) atoms. The molecular weight excluding hydrogens is 289 g/mol. The average molecular weight is 306 g/mol. The predicted molar refractivity (Wildman–Crippen MR) is 74.7 cm³/mol. The van der Waals surface area contributed by atoms with Crippen LogP contribution < -0.4 is 10.6 Å². The van der Waals surface area contributed by atoms with Crippen molar-refractivity contribution < 1.29 is 18.0 Å². The zero-order chi connectivity index (χ0) is 15.2. The molecule has 0 heterocycles. The first-order valence-electron chi connectivity index (χ1n) is 6.15. The number of anilines is 1. The van der Waals surface area contributed by atoms with E-state index < -0.39 is 5.51 Å². The Morgan fingerprint density at radius 1 is 1.25 bits per heavy atom. The summed E-state index contributed by atoms with van der Waals surface area (Å²) in [5.74, 6) is -0.172. The largest absolute Gasteiger partial charge is 0.446 e. The number of halogens is 3. The third-order valence-electron chi connectivity index (χ3n) is 2.28. The number of carbonyl (C=O) groups excluding carboxylic acids is 1. The van der Waals surface area contributed by atoms with Crippen molar-refractivity contribution in [2.75, 3.05) is 11.9 Å². The lowest BCUT2D eigenvalue weighted by atomic mass is 10.3. The fraction of sp³-hybridized carbons (Fsp3) is 0.462. The topological polar surface area (TPSA) is 41.1 Å². The Morgan fingerprint density at radius 2 is 1.85 bits per heavy atom. The standard InChI is InChI=1S/C13H17F3N2OS/c1-9(2)17-8-7-12(19)18-10-3-5-11(6-4-10)20-13(14,15)16/h3-6,9,17H,7-8H2,1-2H3,(H,18,19). The van der Waals surface area contributed by atoms with Gasteiger partial charge in [0.1, 0.15) is 0 Å². The minimum atomic E-state index is -4.30. The molecular formula is C13H17F3N2OS. The molecule has 1 aromatic carbocycles. The molecule has 1 rings (SSSR count). The van der Waals surface area contributed by atoms with Gasteiger partial charge in [0.05, 0.1) is 0 Å². The first kappa shape index (κ1) is 16.8. The van der Waals surface area contributed by atoms with Gasteiger partial charge in [-0.15, -0.1) is 0 Å². The van der Waals surface area contributed by atoms with Gasteiger partial charge in [0, 0.05) is 29.6 Å². The number of rotatable bonds is 6. The molecule has 0 aliphatic rings. The molecule has 0 spiro atoms. The molecule has 0 radical (unpaired) electrons. The van der Waals surface area contributed by atoms with E-state index >= 15 is 0 Å². The van der Waals surface area contributed by atoms with Crippen LogP contribution in [-0.4, -0.2) is 24.0 Å². The van der Waals surface area contributed by atoms with E-state index in [2.05, 4.69) is 10.6 Å². The van der Waals surface area contributed by atoms with Crippen LogP contribution in [0.4, 0.5) is 18.9 Å². The number of nitrogens with one attached hydrogen (secondary N) is 2. The fourth-order valence-corrected chi connectivity index (χ4v) is 1.98. The van der Waals surface area contributed by atoms with Gasteiger partial charge in [-0.05, 0) is 36.0 Å². The Balaban J connectivity index is 2.43. The number of carbonyl (C=O) groups is 1. The maximum Gasteiger partial charge on any atom is 0.446 e. The summed E-state index contributed by atoms with van der Waals surface area (Å²) >= 11 is -0.177. The zero-order valence-electron chi connectivity index (χ0n) is 11.3. The summed E-state index contributed by atoms with van der Waals surface area (Å²) in [5.41, 5.74) is -3.81. The Hall–Kier alpha value is -1.21. The molecule has 7 heteroatoms. The molecule has 0 aromatic heterocycles. The molecule has 2 N–H and O–H groups in total. The molecule has 0 atom stereocenters. The zero-order valence-corrected chi connectivity index (χ0v) is 12.1. The molecule has 3 nitrogen and oxygen atoms in total. The molecule has 0 bridgehead atoms. The highest BCUT2D eigenvalue weighted by molar-refractivity contribution is 8.00. The van der Waals surface area contributed by atoms with Gasteiger partial charge < -0.3 is 10.6 Å². The highest BCUT2D eigenvalue weighted by Crippen LogP contribution is 2.36. The Kier molecular flexibility index (Phi) is 6.35. The van der Waals surface area contributed by atoms with Crippen LogP contribution in [0.15, 0.2) is 29.2 Å². The Morgan fingerprint density at radius 3 is 2.35 bits per heavy atom. The van der Waals surface area contributed by atoms with Crippen LogP contribution in [0.25, 0.3) is 0 Å². The molecule has 0 fully saturated rings. The third kappa shape index (κ3) is 7.40. The summed E-state index contributed by atoms with van der Waals surface area (Å²) in [5, 5.41) is 5.74. The number of benzene rings is 1. The normalized spacial score (nSPS) is 11.7. The highest BCUT2D eigenvalue weighted by atomic mass is 32.2. The second-order valence-corrected chi connectivity index (χ2v) is 5.62. The van der Waals surface area contributed by atoms with Crippen molar-refractivity contribution in [2.45, 2.75) is 36.7 Å². The van der Waals surface area contributed by atoms with Crippen molar-refractivity contribution in [3.8, 4) is 0 Å². The van der Waals surface area contributed by atoms with Crippen LogP contribution in [-0.2, 0) is 4.79 Å². The van der Waals surface area contributed by atoms with E-state index in [1.54, 1.807) is 0 Å². The first-order valence-corrected chi connectivity index (χ1v) is 6.97. The van der Waals surface area contributed by atoms with Crippen molar-refractivity contribution >= 4 is 23.4 Å². The maximum absolute atomic E-state index is 12.1. The van der Waals surface area contributed by atoms with Gasteiger partial charge in [-0.3, -0.25) is 4.79 Å². The number of hydrogen-bond acceptors (Lipinski definition) is 3. The summed E-state index contributed by atoms with van der Waals surface area (Å²) in [4.78, 5) is 11.7. The van der Waals surface area contributed by atoms with Crippen LogP contribution in [0.1, 0.15) is 20.3 Å². The maximum atomic E-state index is 12.1. The highest BCUT2D eigenvalue weighted by Gasteiger charge is 2.28. The summed E-state index contributed by atoms with van der Waals surface area (Å²) in [6, 6.07) is 5.89. The van der Waals surface area contributed by atoms with E-state index in [4.69, 9.17) is 0 Å². The number of hydrogen-bond donors (Lipinski definition) is 2. The van der Waals surface area contributed by atoms with Gasteiger partial charge in [-0.1, -0.05) is 13.8 Å². The SMILES string of the molecule is CC(C)NCCC(=O)Nc1ccc(SC(F)(F)F)cc1. The van der Waals surface area contributed by atoms with E-state index in [1.165, 1.54) is 24.3 Å². The van der Waals surface area contributed by atoms with Crippen LogP contribution in [0.3, 0.4) is 0 Å². The van der Waals surface area contributed by atoms with E-state index in [0.717, 1.165) is 0 Å². The smallest absolute Gasteiger partial charge is 0.326 e. The minimum Gasteiger partial charge on any atom is -0.326 e. The molecule has 1 aromatic rings. The molecule has 1 amide bonds. The summed E-state index contributed by atoms with van der Waals surface area (Å²) in [7, 11) is 0. The van der Waals surface area contributed by atoms with Crippen molar-refractivity contribution in [3.63, 3.8) is 0 Å². The first-order chi connectivity index (χ1) is 9.26. The lowest BCUT2D eigenvalue weighted by molar-refractivity contribution is -0.116. The third-order valence-corrected chi connectivity index (χ3v) is 3.02. The summed E-state index contributed by atoms with van der Waals surface area (Å²) in [6.07, 6.45) is 0.317. The fourth-order valence-electron chi connectivity index (χ4n) is 1.44. The van der Waals surface area contributed by atoms with E-state index in [-0.39, 0.29) is 22.6 Å².